The van der Waals surface area contributed by atoms with E-state index in [0.717, 1.165) is 12.8 Å². The topological polar surface area (TPSA) is 91.2 Å². The van der Waals surface area contributed by atoms with Gasteiger partial charge in [0.15, 0.2) is 0 Å². The van der Waals surface area contributed by atoms with Gasteiger partial charge in [0.2, 0.25) is 0 Å². The number of hydrogen-bond acceptors (Lipinski definition) is 4. The highest BCUT2D eigenvalue weighted by atomic mass is 16.5. The molecule has 1 atom stereocenters. The maximum atomic E-state index is 11.7. The summed E-state index contributed by atoms with van der Waals surface area (Å²) < 4.78 is 5.35. The van der Waals surface area contributed by atoms with Crippen LogP contribution in [0.3, 0.4) is 0 Å². The molecular weight excluding hydrogens is 258 g/mol. The molecule has 2 amide bonds. The van der Waals surface area contributed by atoms with Gasteiger partial charge in [-0.2, -0.15) is 5.26 Å². The zero-order valence-corrected chi connectivity index (χ0v) is 10.9. The van der Waals surface area contributed by atoms with Crippen molar-refractivity contribution in [2.75, 3.05) is 18.5 Å². The fourth-order valence-electron chi connectivity index (χ4n) is 1.96. The van der Waals surface area contributed by atoms with Crippen molar-refractivity contribution in [1.29, 1.82) is 5.26 Å². The molecule has 0 bridgehead atoms. The average molecular weight is 273 g/mol. The van der Waals surface area contributed by atoms with Gasteiger partial charge in [0, 0.05) is 13.2 Å². The number of amides is 2. The first-order valence-electron chi connectivity index (χ1n) is 6.40. The summed E-state index contributed by atoms with van der Waals surface area (Å²) in [5.74, 6) is -1.51. The highest BCUT2D eigenvalue weighted by Crippen LogP contribution is 2.13. The number of hydrogen-bond donors (Lipinski definition) is 2. The Bertz CT molecular complexity index is 545. The molecule has 2 rings (SSSR count). The van der Waals surface area contributed by atoms with E-state index in [0.29, 0.717) is 24.4 Å². The number of carbonyl (C=O) groups excluding carboxylic acids is 2. The van der Waals surface area contributed by atoms with Crippen molar-refractivity contribution in [2.45, 2.75) is 18.9 Å². The number of para-hydroxylation sites is 1. The van der Waals surface area contributed by atoms with Crippen molar-refractivity contribution in [1.82, 2.24) is 5.32 Å². The van der Waals surface area contributed by atoms with E-state index in [2.05, 4.69) is 10.6 Å². The third-order valence-corrected chi connectivity index (χ3v) is 3.02. The lowest BCUT2D eigenvalue weighted by atomic mass is 10.2. The quantitative estimate of drug-likeness (QED) is 0.797. The second-order valence-electron chi connectivity index (χ2n) is 4.46. The van der Waals surface area contributed by atoms with Gasteiger partial charge in [0.25, 0.3) is 0 Å². The molecule has 1 aliphatic heterocycles. The maximum Gasteiger partial charge on any atom is 0.313 e. The number of ether oxygens (including phenoxy) is 1. The SMILES string of the molecule is N#Cc1ccccc1NC(=O)C(=O)NCC1CCCO1. The molecule has 1 heterocycles. The van der Waals surface area contributed by atoms with Gasteiger partial charge in [0.05, 0.1) is 17.4 Å². The summed E-state index contributed by atoms with van der Waals surface area (Å²) >= 11 is 0. The Morgan fingerprint density at radius 2 is 2.15 bits per heavy atom. The Morgan fingerprint density at radius 1 is 1.35 bits per heavy atom. The zero-order valence-electron chi connectivity index (χ0n) is 10.9. The molecule has 1 aromatic carbocycles. The van der Waals surface area contributed by atoms with E-state index in [4.69, 9.17) is 10.00 Å². The summed E-state index contributed by atoms with van der Waals surface area (Å²) in [6, 6.07) is 8.46. The van der Waals surface area contributed by atoms with Crippen molar-refractivity contribution in [3.05, 3.63) is 29.8 Å². The van der Waals surface area contributed by atoms with Crippen LogP contribution in [0.1, 0.15) is 18.4 Å². The first-order chi connectivity index (χ1) is 9.70. The van der Waals surface area contributed by atoms with Crippen LogP contribution < -0.4 is 10.6 Å². The van der Waals surface area contributed by atoms with Crippen LogP contribution in [0.2, 0.25) is 0 Å². The van der Waals surface area contributed by atoms with Gasteiger partial charge in [-0.25, -0.2) is 0 Å². The van der Waals surface area contributed by atoms with E-state index < -0.39 is 11.8 Å². The minimum absolute atomic E-state index is 0.0156. The number of anilines is 1. The maximum absolute atomic E-state index is 11.7. The molecule has 1 saturated heterocycles. The van der Waals surface area contributed by atoms with Crippen LogP contribution in [0.25, 0.3) is 0 Å². The zero-order chi connectivity index (χ0) is 14.4. The minimum Gasteiger partial charge on any atom is -0.376 e. The van der Waals surface area contributed by atoms with Crippen LogP contribution in [-0.4, -0.2) is 31.1 Å². The van der Waals surface area contributed by atoms with Crippen LogP contribution in [-0.2, 0) is 14.3 Å². The number of nitriles is 1. The van der Waals surface area contributed by atoms with Crippen LogP contribution in [0.5, 0.6) is 0 Å². The summed E-state index contributed by atoms with van der Waals surface area (Å²) in [4.78, 5) is 23.4. The fourth-order valence-corrected chi connectivity index (χ4v) is 1.96. The molecule has 0 aliphatic carbocycles. The normalized spacial score (nSPS) is 17.2. The Labute approximate surface area is 116 Å². The monoisotopic (exact) mass is 273 g/mol. The van der Waals surface area contributed by atoms with Gasteiger partial charge in [0.1, 0.15) is 6.07 Å². The molecule has 0 aromatic heterocycles. The van der Waals surface area contributed by atoms with Crippen molar-refractivity contribution in [2.24, 2.45) is 0 Å². The Kier molecular flexibility index (Phi) is 4.69. The first kappa shape index (κ1) is 14.0. The number of benzene rings is 1. The summed E-state index contributed by atoms with van der Waals surface area (Å²) in [6.07, 6.45) is 1.85. The lowest BCUT2D eigenvalue weighted by Gasteiger charge is -2.11. The molecule has 104 valence electrons. The second-order valence-corrected chi connectivity index (χ2v) is 4.46. The molecule has 0 radical (unpaired) electrons. The Hall–Kier alpha value is -2.39. The molecule has 2 N–H and O–H groups in total. The molecule has 0 saturated carbocycles. The predicted molar refractivity (Wildman–Crippen MR) is 71.8 cm³/mol. The summed E-state index contributed by atoms with van der Waals surface area (Å²) in [5.41, 5.74) is 0.639. The van der Waals surface area contributed by atoms with E-state index >= 15 is 0 Å². The standard InChI is InChI=1S/C14H15N3O3/c15-8-10-4-1-2-6-12(10)17-14(19)13(18)16-9-11-5-3-7-20-11/h1-2,4,6,11H,3,5,7,9H2,(H,16,18)(H,17,19). The highest BCUT2D eigenvalue weighted by Gasteiger charge is 2.19. The van der Waals surface area contributed by atoms with E-state index in [-0.39, 0.29) is 6.10 Å². The summed E-state index contributed by atoms with van der Waals surface area (Å²) in [7, 11) is 0. The summed E-state index contributed by atoms with van der Waals surface area (Å²) in [6.45, 7) is 1.02. The minimum atomic E-state index is -0.786. The number of nitrogens with zero attached hydrogens (tertiary/aromatic N) is 1. The average Bonchev–Trinajstić information content (AvgIpc) is 2.98. The molecule has 1 aromatic rings. The molecule has 0 spiro atoms. The number of nitrogens with one attached hydrogen (secondary N) is 2. The lowest BCUT2D eigenvalue weighted by molar-refractivity contribution is -0.136. The molecule has 20 heavy (non-hydrogen) atoms. The van der Waals surface area contributed by atoms with Gasteiger partial charge in [-0.15, -0.1) is 0 Å². The van der Waals surface area contributed by atoms with E-state index in [9.17, 15) is 9.59 Å². The highest BCUT2D eigenvalue weighted by molar-refractivity contribution is 6.39. The van der Waals surface area contributed by atoms with Gasteiger partial charge >= 0.3 is 11.8 Å². The molecule has 6 nitrogen and oxygen atoms in total. The molecule has 1 aliphatic rings. The first-order valence-corrected chi connectivity index (χ1v) is 6.40. The van der Waals surface area contributed by atoms with Gasteiger partial charge < -0.3 is 15.4 Å². The number of carbonyl (C=O) groups is 2. The molecular formula is C14H15N3O3. The number of rotatable bonds is 3. The largest absolute Gasteiger partial charge is 0.376 e. The van der Waals surface area contributed by atoms with Crippen molar-refractivity contribution in [3.8, 4) is 6.07 Å². The van der Waals surface area contributed by atoms with E-state index in [1.54, 1.807) is 24.3 Å². The van der Waals surface area contributed by atoms with E-state index in [1.807, 2.05) is 6.07 Å². The summed E-state index contributed by atoms with van der Waals surface area (Å²) in [5, 5.41) is 13.8. The lowest BCUT2D eigenvalue weighted by Crippen LogP contribution is -2.39. The van der Waals surface area contributed by atoms with Crippen LogP contribution in [0.4, 0.5) is 5.69 Å². The third-order valence-electron chi connectivity index (χ3n) is 3.02. The van der Waals surface area contributed by atoms with Crippen molar-refractivity contribution in [3.63, 3.8) is 0 Å². The molecule has 1 fully saturated rings. The van der Waals surface area contributed by atoms with Gasteiger partial charge in [-0.05, 0) is 25.0 Å². The second kappa shape index (κ2) is 6.68. The van der Waals surface area contributed by atoms with Crippen LogP contribution in [0.15, 0.2) is 24.3 Å². The van der Waals surface area contributed by atoms with Crippen molar-refractivity contribution >= 4 is 17.5 Å². The molecule has 6 heteroatoms. The smallest absolute Gasteiger partial charge is 0.313 e. The third kappa shape index (κ3) is 3.56. The fraction of sp³-hybridized carbons (Fsp3) is 0.357. The van der Waals surface area contributed by atoms with Crippen LogP contribution in [0, 0.1) is 11.3 Å². The van der Waals surface area contributed by atoms with Gasteiger partial charge in [-0.3, -0.25) is 9.59 Å². The van der Waals surface area contributed by atoms with E-state index in [1.165, 1.54) is 0 Å². The van der Waals surface area contributed by atoms with Gasteiger partial charge in [-0.1, -0.05) is 12.1 Å². The van der Waals surface area contributed by atoms with Crippen molar-refractivity contribution < 1.29 is 14.3 Å². The Morgan fingerprint density at radius 3 is 2.85 bits per heavy atom. The predicted octanol–water partition coefficient (Wildman–Crippen LogP) is 0.792. The van der Waals surface area contributed by atoms with Crippen LogP contribution >= 0.6 is 0 Å². The Balaban J connectivity index is 1.87. The molecule has 1 unspecified atom stereocenters.